The van der Waals surface area contributed by atoms with Gasteiger partial charge in [-0.05, 0) is 302 Å². The van der Waals surface area contributed by atoms with Crippen LogP contribution in [0.4, 0.5) is 50.4 Å². The Morgan fingerprint density at radius 1 is 0.286 bits per heavy atom. The number of amides is 4. The van der Waals surface area contributed by atoms with Crippen molar-refractivity contribution in [3.8, 4) is 44.5 Å². The first-order valence-corrected chi connectivity index (χ1v) is 52.1. The summed E-state index contributed by atoms with van der Waals surface area (Å²) >= 11 is 0. The van der Waals surface area contributed by atoms with Crippen LogP contribution in [0.5, 0.6) is 0 Å². The Bertz CT molecular complexity index is 7130. The van der Waals surface area contributed by atoms with E-state index in [4.69, 9.17) is 4.74 Å². The number of halogens is 1. The van der Waals surface area contributed by atoms with Crippen LogP contribution in [0.3, 0.4) is 0 Å². The number of nitrogens with zero attached hydrogens (tertiary/aromatic N) is 20. The molecule has 12 aromatic heterocycles. The number of rotatable bonds is 24. The number of anilines is 8. The van der Waals surface area contributed by atoms with Gasteiger partial charge in [-0.25, -0.2) is 24.3 Å². The van der Waals surface area contributed by atoms with Gasteiger partial charge in [0.2, 0.25) is 0 Å². The first-order valence-electron chi connectivity index (χ1n) is 52.1. The summed E-state index contributed by atoms with van der Waals surface area (Å²) in [7, 11) is 0. The summed E-state index contributed by atoms with van der Waals surface area (Å²) in [6, 6.07) is 41.8. The lowest BCUT2D eigenvalue weighted by Gasteiger charge is -2.31. The number of hydrogen-bond donors (Lipinski definition) is 8. The molecule has 0 aliphatic carbocycles. The van der Waals surface area contributed by atoms with Gasteiger partial charge in [-0.1, -0.05) is 49.9 Å². The van der Waals surface area contributed by atoms with E-state index in [1.54, 1.807) is 18.6 Å². The van der Waals surface area contributed by atoms with E-state index < -0.39 is 11.7 Å². The van der Waals surface area contributed by atoms with Crippen LogP contribution in [0.15, 0.2) is 202 Å². The molecule has 16 aromatic rings. The van der Waals surface area contributed by atoms with Crippen molar-refractivity contribution in [2.45, 2.75) is 149 Å². The number of hydrogen-bond acceptors (Lipinski definition) is 25. The van der Waals surface area contributed by atoms with Crippen LogP contribution >= 0.6 is 0 Å². The van der Waals surface area contributed by atoms with Crippen molar-refractivity contribution in [1.82, 2.24) is 100 Å². The van der Waals surface area contributed by atoms with Crippen molar-refractivity contribution in [2.24, 2.45) is 0 Å². The number of benzene rings is 4. The van der Waals surface area contributed by atoms with Crippen LogP contribution in [-0.2, 0) is 30.9 Å². The smallest absolute Gasteiger partial charge is 0.276 e. The van der Waals surface area contributed by atoms with Crippen molar-refractivity contribution in [1.29, 1.82) is 0 Å². The molecule has 33 nitrogen and oxygen atoms in total. The highest BCUT2D eigenvalue weighted by Gasteiger charge is 2.28. The minimum atomic E-state index is -0.490. The predicted octanol–water partition coefficient (Wildman–Crippen LogP) is 19.0. The highest BCUT2D eigenvalue weighted by Crippen LogP contribution is 2.36. The molecule has 0 bridgehead atoms. The number of likely N-dealkylation sites (tertiary alicyclic amines) is 4. The maximum absolute atomic E-state index is 14.8. The van der Waals surface area contributed by atoms with E-state index in [1.165, 1.54) is 144 Å². The van der Waals surface area contributed by atoms with Crippen LogP contribution < -0.4 is 40.9 Å². The molecule has 0 radical (unpaired) electrons. The normalized spacial score (nSPS) is 16.4. The first kappa shape index (κ1) is 97.8. The second-order valence-electron chi connectivity index (χ2n) is 39.8. The molecule has 0 unspecified atom stereocenters. The average molecular weight is 1970 g/mol. The zero-order chi connectivity index (χ0) is 99.9. The predicted molar refractivity (Wildman–Crippen MR) is 575 cm³/mol. The number of ether oxygens (including phenoxy) is 1. The molecule has 0 atom stereocenters. The van der Waals surface area contributed by atoms with E-state index in [1.807, 2.05) is 165 Å². The molecular weight excluding hydrogens is 1850 g/mol. The SMILES string of the molecule is Cc1cc(NC(=O)c2n[nH]c3ccc(-c4cncc(CN5CCCCC5)c4)cc23)cnc1N1CCCC1.Cc1cc(NC(=O)c2n[nH]c3ccc(-c4cncc(CN5CCCCC5)c4)cc23)cnc1N1CCCC1.O=C(Nc1ccc(N2CCC2)nc1)c1n[nH]c2ccc(-c3cncc(CN4CCCCC4)c3)cc12.O=C(Nc1cnc(N2CCOCC2)c(F)c1)c1n[nH]c2ccc(-c3cncc(CN4CCCCC4)c3)cc12. The van der Waals surface area contributed by atoms with Crippen molar-refractivity contribution in [3.05, 3.63) is 264 Å². The summed E-state index contributed by atoms with van der Waals surface area (Å²) in [6.07, 6.45) is 43.3. The van der Waals surface area contributed by atoms with Gasteiger partial charge in [0.25, 0.3) is 23.6 Å². The van der Waals surface area contributed by atoms with E-state index in [9.17, 15) is 23.6 Å². The number of morpholine rings is 1. The number of piperidine rings is 4. The fraction of sp³-hybridized carbons (Fsp3) is 0.363. The number of fused-ring (bicyclic) bond motifs is 4. The second kappa shape index (κ2) is 46.0. The van der Waals surface area contributed by atoms with Crippen LogP contribution in [0.2, 0.25) is 0 Å². The molecule has 4 aromatic carbocycles. The van der Waals surface area contributed by atoms with Gasteiger partial charge in [0, 0.05) is 178 Å². The quantitative estimate of drug-likeness (QED) is 0.0278. The summed E-state index contributed by atoms with van der Waals surface area (Å²) in [5.74, 6) is 1.51. The van der Waals surface area contributed by atoms with E-state index in [2.05, 4.69) is 160 Å². The monoisotopic (exact) mass is 1970 g/mol. The number of carbonyl (C=O) groups is 4. The largest absolute Gasteiger partial charge is 0.378 e. The molecule has 24 rings (SSSR count). The van der Waals surface area contributed by atoms with Gasteiger partial charge in [-0.15, -0.1) is 0 Å². The summed E-state index contributed by atoms with van der Waals surface area (Å²) in [5.41, 5.74) is 21.9. The maximum atomic E-state index is 14.8. The lowest BCUT2D eigenvalue weighted by Crippen LogP contribution is -2.37. The van der Waals surface area contributed by atoms with Gasteiger partial charge >= 0.3 is 0 Å². The highest BCUT2D eigenvalue weighted by atomic mass is 19.1. The minimum Gasteiger partial charge on any atom is -0.378 e. The first-order chi connectivity index (χ1) is 72.1. The number of aromatic amines is 4. The molecule has 4 amide bonds. The van der Waals surface area contributed by atoms with Gasteiger partial charge in [0.1, 0.15) is 17.5 Å². The molecule has 34 heteroatoms. The van der Waals surface area contributed by atoms with Crippen molar-refractivity contribution in [3.63, 3.8) is 0 Å². The van der Waals surface area contributed by atoms with Gasteiger partial charge < -0.3 is 45.6 Å². The molecule has 0 saturated carbocycles. The van der Waals surface area contributed by atoms with E-state index in [0.29, 0.717) is 65.8 Å². The third kappa shape index (κ3) is 23.8. The molecule has 8 aliphatic rings. The van der Waals surface area contributed by atoms with Crippen molar-refractivity contribution >= 4 is 113 Å². The number of H-pyrrole nitrogens is 4. The number of nitrogens with one attached hydrogen (secondary N) is 8. The zero-order valence-electron chi connectivity index (χ0n) is 83.5. The average Bonchev–Trinajstić information content (AvgIpc) is 1.67. The van der Waals surface area contributed by atoms with Gasteiger partial charge in [-0.3, -0.25) is 79.1 Å². The van der Waals surface area contributed by atoms with Crippen LogP contribution in [0.1, 0.15) is 184 Å². The van der Waals surface area contributed by atoms with Gasteiger partial charge in [0.05, 0.1) is 82.8 Å². The minimum absolute atomic E-state index is 0.233. The van der Waals surface area contributed by atoms with E-state index >= 15 is 0 Å². The fourth-order valence-corrected chi connectivity index (χ4v) is 21.1. The molecule has 147 heavy (non-hydrogen) atoms. The Labute approximate surface area is 853 Å². The van der Waals surface area contributed by atoms with Crippen LogP contribution in [0.25, 0.3) is 88.1 Å². The molecular formula is C113H125FN28O5. The second-order valence-corrected chi connectivity index (χ2v) is 39.8. The topological polar surface area (TPSA) is 369 Å². The summed E-state index contributed by atoms with van der Waals surface area (Å²) < 4.78 is 20.1. The molecule has 8 N–H and O–H groups in total. The van der Waals surface area contributed by atoms with Gasteiger partial charge in [0.15, 0.2) is 34.4 Å². The number of pyridine rings is 8. The van der Waals surface area contributed by atoms with Crippen molar-refractivity contribution in [2.75, 3.05) is 159 Å². The highest BCUT2D eigenvalue weighted by molar-refractivity contribution is 6.15. The Hall–Kier alpha value is -15.2. The van der Waals surface area contributed by atoms with Crippen molar-refractivity contribution < 1.29 is 28.3 Å². The van der Waals surface area contributed by atoms with E-state index in [0.717, 1.165) is 229 Å². The number of aryl methyl sites for hydroxylation is 2. The molecule has 20 heterocycles. The van der Waals surface area contributed by atoms with Gasteiger partial charge in [-0.2, -0.15) is 20.4 Å². The standard InChI is InChI=1S/2C29H33N7O.C28H30FN7O2.C27H29N7O/c2*1-20-13-24(18-31-28(20)36-11-5-6-12-36)32-29(37)27-25-15-22(7-8-26(25)33-34-27)23-14-21(16-30-17-23)19-35-9-3-2-4-10-35;29-24-14-22(17-31-27(24)36-8-10-38-11-9-36)32-28(37)26-23-13-20(4-5-25(23)33-34-26)21-12-19(15-30-16-21)18-35-6-2-1-3-7-35;35-27(30-22-6-8-25(29-17-22)34-11-4-12-34)26-23-14-20(5-7-24(23)31-32-26)21-13-19(15-28-16-21)18-33-9-2-1-3-10-33/h2*7-8,13-18H,2-6,9-12,19H2,1H3,(H,32,37)(H,33,34);4-5,12-17H,1-3,6-11,18H2,(H,32,37)(H,33,34);5-8,13-17H,1-4,9-12,18H2,(H,30,35)(H,31,32). The molecule has 0 spiro atoms. The Morgan fingerprint density at radius 2 is 0.578 bits per heavy atom. The zero-order valence-corrected chi connectivity index (χ0v) is 83.5. The van der Waals surface area contributed by atoms with Crippen LogP contribution in [-0.4, -0.2) is 242 Å². The molecule has 8 aliphatic heterocycles. The van der Waals surface area contributed by atoms with Crippen LogP contribution in [0, 0.1) is 19.7 Å². The summed E-state index contributed by atoms with van der Waals surface area (Å²) in [4.78, 5) is 107. The summed E-state index contributed by atoms with van der Waals surface area (Å²) in [5, 5.41) is 43.8. The fourth-order valence-electron chi connectivity index (χ4n) is 21.1. The van der Waals surface area contributed by atoms with E-state index in [-0.39, 0.29) is 34.9 Å². The maximum Gasteiger partial charge on any atom is 0.276 e. The lowest BCUT2D eigenvalue weighted by atomic mass is 10.0. The Morgan fingerprint density at radius 3 is 0.878 bits per heavy atom. The molecule has 8 fully saturated rings. The molecule has 8 saturated heterocycles. The molecule has 754 valence electrons. The lowest BCUT2D eigenvalue weighted by molar-refractivity contribution is 0.101. The Balaban J connectivity index is 0.000000115. The number of aromatic nitrogens is 16. The number of carbonyl (C=O) groups excluding carboxylic acids is 4. The third-order valence-electron chi connectivity index (χ3n) is 29.0. The summed E-state index contributed by atoms with van der Waals surface area (Å²) in [6.45, 7) is 25.4. The third-order valence-corrected chi connectivity index (χ3v) is 29.0. The Kier molecular flexibility index (Phi) is 30.6.